The van der Waals surface area contributed by atoms with E-state index in [2.05, 4.69) is 5.32 Å². The van der Waals surface area contributed by atoms with Crippen molar-refractivity contribution >= 4 is 11.6 Å². The Hall–Kier alpha value is -2.33. The van der Waals surface area contributed by atoms with Gasteiger partial charge in [0.2, 0.25) is 5.91 Å². The lowest BCUT2D eigenvalue weighted by atomic mass is 10.2. The number of ether oxygens (including phenoxy) is 1. The first-order chi connectivity index (χ1) is 10.3. The fourth-order valence-electron chi connectivity index (χ4n) is 1.88. The molecule has 0 heterocycles. The fraction of sp³-hybridized carbons (Fsp3) is 0.235. The molecule has 0 atom stereocenters. The van der Waals surface area contributed by atoms with Gasteiger partial charge in [0.1, 0.15) is 11.5 Å². The second-order valence-corrected chi connectivity index (χ2v) is 4.73. The van der Waals surface area contributed by atoms with Crippen molar-refractivity contribution < 1.29 is 9.53 Å². The summed E-state index contributed by atoms with van der Waals surface area (Å²) in [4.78, 5) is 11.7. The highest BCUT2D eigenvalue weighted by atomic mass is 16.5. The molecule has 110 valence electrons. The predicted octanol–water partition coefficient (Wildman–Crippen LogP) is 3.55. The van der Waals surface area contributed by atoms with Gasteiger partial charge in [0.15, 0.2) is 0 Å². The van der Waals surface area contributed by atoms with E-state index in [1.165, 1.54) is 0 Å². The van der Waals surface area contributed by atoms with Crippen molar-refractivity contribution in [2.24, 2.45) is 5.73 Å². The van der Waals surface area contributed by atoms with Crippen LogP contribution in [-0.4, -0.2) is 12.5 Å². The molecular formula is C17H20N2O2. The van der Waals surface area contributed by atoms with Crippen molar-refractivity contribution in [2.45, 2.75) is 19.3 Å². The van der Waals surface area contributed by atoms with Gasteiger partial charge in [-0.3, -0.25) is 4.79 Å². The normalized spacial score (nSPS) is 10.1. The third-order valence-electron chi connectivity index (χ3n) is 2.97. The lowest BCUT2D eigenvalue weighted by Gasteiger charge is -2.08. The topological polar surface area (TPSA) is 64.4 Å². The Morgan fingerprint density at radius 2 is 1.62 bits per heavy atom. The highest BCUT2D eigenvalue weighted by Gasteiger charge is 2.02. The van der Waals surface area contributed by atoms with Gasteiger partial charge in [0.05, 0.1) is 0 Å². The lowest BCUT2D eigenvalue weighted by molar-refractivity contribution is -0.116. The number of benzene rings is 2. The van der Waals surface area contributed by atoms with Gasteiger partial charge in [-0.2, -0.15) is 0 Å². The van der Waals surface area contributed by atoms with Gasteiger partial charge in [-0.05, 0) is 55.8 Å². The van der Waals surface area contributed by atoms with Crippen LogP contribution in [0.15, 0.2) is 54.6 Å². The molecule has 21 heavy (non-hydrogen) atoms. The summed E-state index contributed by atoms with van der Waals surface area (Å²) >= 11 is 0. The average molecular weight is 284 g/mol. The molecule has 4 heteroatoms. The number of rotatable bonds is 7. The zero-order chi connectivity index (χ0) is 14.9. The summed E-state index contributed by atoms with van der Waals surface area (Å²) in [5, 5.41) is 2.86. The SMILES string of the molecule is NCCCCC(=O)Nc1ccc(Oc2ccccc2)cc1. The molecule has 1 amide bonds. The number of hydrogen-bond acceptors (Lipinski definition) is 3. The van der Waals surface area contributed by atoms with Gasteiger partial charge < -0.3 is 15.8 Å². The molecule has 0 aromatic heterocycles. The maximum absolute atomic E-state index is 11.7. The summed E-state index contributed by atoms with van der Waals surface area (Å²) in [6, 6.07) is 16.9. The third kappa shape index (κ3) is 5.28. The Morgan fingerprint density at radius 1 is 0.952 bits per heavy atom. The van der Waals surface area contributed by atoms with Gasteiger partial charge >= 0.3 is 0 Å². The zero-order valence-corrected chi connectivity index (χ0v) is 11.9. The highest BCUT2D eigenvalue weighted by Crippen LogP contribution is 2.22. The minimum atomic E-state index is 0.0141. The molecule has 0 aliphatic carbocycles. The van der Waals surface area contributed by atoms with Crippen LogP contribution in [0, 0.1) is 0 Å². The first-order valence-corrected chi connectivity index (χ1v) is 7.11. The van der Waals surface area contributed by atoms with E-state index >= 15 is 0 Å². The van der Waals surface area contributed by atoms with Gasteiger partial charge in [-0.25, -0.2) is 0 Å². The van der Waals surface area contributed by atoms with Gasteiger partial charge in [0.25, 0.3) is 0 Å². The summed E-state index contributed by atoms with van der Waals surface area (Å²) in [6.45, 7) is 0.624. The quantitative estimate of drug-likeness (QED) is 0.764. The first kappa shape index (κ1) is 15.1. The van der Waals surface area contributed by atoms with Gasteiger partial charge in [-0.1, -0.05) is 18.2 Å². The van der Waals surface area contributed by atoms with E-state index in [1.54, 1.807) is 0 Å². The van der Waals surface area contributed by atoms with Crippen LogP contribution in [0.3, 0.4) is 0 Å². The van der Waals surface area contributed by atoms with Crippen molar-refractivity contribution in [1.29, 1.82) is 0 Å². The molecule has 0 bridgehead atoms. The highest BCUT2D eigenvalue weighted by molar-refractivity contribution is 5.90. The molecule has 2 aromatic rings. The van der Waals surface area contributed by atoms with E-state index in [9.17, 15) is 4.79 Å². The molecule has 0 aliphatic heterocycles. The standard InChI is InChI=1S/C17H20N2O2/c18-13-5-4-8-17(20)19-14-9-11-16(12-10-14)21-15-6-2-1-3-7-15/h1-3,6-7,9-12H,4-5,8,13,18H2,(H,19,20). The van der Waals surface area contributed by atoms with Crippen LogP contribution in [-0.2, 0) is 4.79 Å². The molecule has 0 unspecified atom stereocenters. The van der Waals surface area contributed by atoms with Crippen molar-refractivity contribution in [3.63, 3.8) is 0 Å². The van der Waals surface area contributed by atoms with Crippen molar-refractivity contribution in [3.05, 3.63) is 54.6 Å². The number of hydrogen-bond donors (Lipinski definition) is 2. The summed E-state index contributed by atoms with van der Waals surface area (Å²) in [7, 11) is 0. The van der Waals surface area contributed by atoms with Crippen molar-refractivity contribution in [3.8, 4) is 11.5 Å². The average Bonchev–Trinajstić information content (AvgIpc) is 2.51. The monoisotopic (exact) mass is 284 g/mol. The smallest absolute Gasteiger partial charge is 0.224 e. The Morgan fingerprint density at radius 3 is 2.29 bits per heavy atom. The Balaban J connectivity index is 1.85. The number of carbonyl (C=O) groups excluding carboxylic acids is 1. The van der Waals surface area contributed by atoms with E-state index in [0.29, 0.717) is 13.0 Å². The molecular weight excluding hydrogens is 264 g/mol. The molecule has 0 saturated heterocycles. The molecule has 0 radical (unpaired) electrons. The summed E-state index contributed by atoms with van der Waals surface area (Å²) in [5.41, 5.74) is 6.17. The second kappa shape index (κ2) is 8.07. The number of nitrogens with two attached hydrogens (primary N) is 1. The summed E-state index contributed by atoms with van der Waals surface area (Å²) in [5.74, 6) is 1.54. The van der Waals surface area contributed by atoms with Crippen molar-refractivity contribution in [2.75, 3.05) is 11.9 Å². The number of para-hydroxylation sites is 1. The molecule has 0 fully saturated rings. The number of carbonyl (C=O) groups is 1. The Bertz CT molecular complexity index is 553. The maximum Gasteiger partial charge on any atom is 0.224 e. The van der Waals surface area contributed by atoms with E-state index < -0.39 is 0 Å². The third-order valence-corrected chi connectivity index (χ3v) is 2.97. The molecule has 2 aromatic carbocycles. The second-order valence-electron chi connectivity index (χ2n) is 4.73. The Kier molecular flexibility index (Phi) is 5.79. The molecule has 3 N–H and O–H groups in total. The molecule has 4 nitrogen and oxygen atoms in total. The van der Waals surface area contributed by atoms with Crippen LogP contribution in [0.5, 0.6) is 11.5 Å². The zero-order valence-electron chi connectivity index (χ0n) is 11.9. The van der Waals surface area contributed by atoms with E-state index in [0.717, 1.165) is 30.0 Å². The van der Waals surface area contributed by atoms with Crippen molar-refractivity contribution in [1.82, 2.24) is 0 Å². The van der Waals surface area contributed by atoms with E-state index in [4.69, 9.17) is 10.5 Å². The minimum Gasteiger partial charge on any atom is -0.457 e. The number of unbranched alkanes of at least 4 members (excludes halogenated alkanes) is 1. The summed E-state index contributed by atoms with van der Waals surface area (Å²) < 4.78 is 5.69. The minimum absolute atomic E-state index is 0.0141. The molecule has 0 spiro atoms. The largest absolute Gasteiger partial charge is 0.457 e. The van der Waals surface area contributed by atoms with Crippen LogP contribution in [0.2, 0.25) is 0 Å². The van der Waals surface area contributed by atoms with Crippen LogP contribution >= 0.6 is 0 Å². The predicted molar refractivity (Wildman–Crippen MR) is 84.5 cm³/mol. The number of anilines is 1. The summed E-state index contributed by atoms with van der Waals surface area (Å²) in [6.07, 6.45) is 2.19. The van der Waals surface area contributed by atoms with Crippen LogP contribution in [0.4, 0.5) is 5.69 Å². The Labute approximate surface area is 124 Å². The number of nitrogens with one attached hydrogen (secondary N) is 1. The lowest BCUT2D eigenvalue weighted by Crippen LogP contribution is -2.11. The van der Waals surface area contributed by atoms with Crippen LogP contribution in [0.25, 0.3) is 0 Å². The van der Waals surface area contributed by atoms with Gasteiger partial charge in [-0.15, -0.1) is 0 Å². The molecule has 0 aliphatic rings. The maximum atomic E-state index is 11.7. The fourth-order valence-corrected chi connectivity index (χ4v) is 1.88. The van der Waals surface area contributed by atoms with E-state index in [1.807, 2.05) is 54.6 Å². The van der Waals surface area contributed by atoms with Gasteiger partial charge in [0, 0.05) is 12.1 Å². The molecule has 2 rings (SSSR count). The van der Waals surface area contributed by atoms with E-state index in [-0.39, 0.29) is 5.91 Å². The van der Waals surface area contributed by atoms with Crippen LogP contribution in [0.1, 0.15) is 19.3 Å². The first-order valence-electron chi connectivity index (χ1n) is 7.11. The van der Waals surface area contributed by atoms with Crippen LogP contribution < -0.4 is 15.8 Å². The molecule has 0 saturated carbocycles. The number of amides is 1.